The Morgan fingerprint density at radius 1 is 1.13 bits per heavy atom. The summed E-state index contributed by atoms with van der Waals surface area (Å²) in [4.78, 5) is 12.7. The molecule has 0 saturated heterocycles. The number of carbonyl (C=O) groups is 1. The van der Waals surface area contributed by atoms with Crippen LogP contribution in [0.1, 0.15) is 35.7 Å². The molecule has 1 aromatic heterocycles. The van der Waals surface area contributed by atoms with E-state index in [1.165, 1.54) is 12.1 Å². The summed E-state index contributed by atoms with van der Waals surface area (Å²) in [5, 5.41) is 7.40. The van der Waals surface area contributed by atoms with Gasteiger partial charge in [-0.15, -0.1) is 0 Å². The van der Waals surface area contributed by atoms with E-state index in [9.17, 15) is 13.6 Å². The van der Waals surface area contributed by atoms with Gasteiger partial charge in [-0.05, 0) is 49.1 Å². The van der Waals surface area contributed by atoms with E-state index in [2.05, 4.69) is 10.4 Å². The number of ether oxygens (including phenoxy) is 2. The summed E-state index contributed by atoms with van der Waals surface area (Å²) in [5.41, 5.74) is 2.86. The molecule has 3 aromatic rings. The summed E-state index contributed by atoms with van der Waals surface area (Å²) in [6, 6.07) is 8.48. The van der Waals surface area contributed by atoms with Gasteiger partial charge in [0.2, 0.25) is 5.91 Å². The maximum Gasteiger partial charge on any atom is 0.224 e. The zero-order chi connectivity index (χ0) is 22.0. The first-order valence-corrected chi connectivity index (χ1v) is 10.0. The number of halogens is 2. The summed E-state index contributed by atoms with van der Waals surface area (Å²) in [6.45, 7) is 0. The molecule has 1 aliphatic carbocycles. The van der Waals surface area contributed by atoms with Crippen LogP contribution in [0, 0.1) is 11.6 Å². The molecule has 0 spiro atoms. The Bertz CT molecular complexity index is 1090. The molecule has 1 N–H and O–H groups in total. The molecule has 0 bridgehead atoms. The van der Waals surface area contributed by atoms with Gasteiger partial charge in [-0.25, -0.2) is 13.5 Å². The highest BCUT2D eigenvalue weighted by atomic mass is 19.1. The van der Waals surface area contributed by atoms with E-state index < -0.39 is 11.6 Å². The number of nitrogens with zero attached hydrogens (tertiary/aromatic N) is 2. The molecule has 1 atom stereocenters. The fourth-order valence-electron chi connectivity index (χ4n) is 4.01. The largest absolute Gasteiger partial charge is 0.493 e. The quantitative estimate of drug-likeness (QED) is 0.648. The Morgan fingerprint density at radius 2 is 1.87 bits per heavy atom. The average molecular weight is 427 g/mol. The highest BCUT2D eigenvalue weighted by molar-refractivity contribution is 5.79. The molecule has 0 fully saturated rings. The molecular formula is C23H23F2N3O3. The van der Waals surface area contributed by atoms with Crippen molar-refractivity contribution in [2.75, 3.05) is 14.2 Å². The lowest BCUT2D eigenvalue weighted by Gasteiger charge is -2.24. The van der Waals surface area contributed by atoms with E-state index in [-0.39, 0.29) is 18.4 Å². The van der Waals surface area contributed by atoms with Crippen molar-refractivity contribution in [2.24, 2.45) is 0 Å². The minimum atomic E-state index is -0.658. The summed E-state index contributed by atoms with van der Waals surface area (Å²) < 4.78 is 39.4. The molecule has 0 saturated carbocycles. The normalized spacial score (nSPS) is 15.3. The van der Waals surface area contributed by atoms with Gasteiger partial charge in [-0.1, -0.05) is 6.07 Å². The van der Waals surface area contributed by atoms with Gasteiger partial charge in [0.05, 0.1) is 38.6 Å². The topological polar surface area (TPSA) is 65.4 Å². The number of hydrogen-bond donors (Lipinski definition) is 1. The molecule has 4 rings (SSSR count). The lowest BCUT2D eigenvalue weighted by Crippen LogP contribution is -2.32. The van der Waals surface area contributed by atoms with Crippen molar-refractivity contribution >= 4 is 5.91 Å². The van der Waals surface area contributed by atoms with Crippen LogP contribution in [-0.2, 0) is 17.6 Å². The first-order valence-electron chi connectivity index (χ1n) is 10.0. The van der Waals surface area contributed by atoms with E-state index in [1.807, 2.05) is 6.07 Å². The predicted octanol–water partition coefficient (Wildman–Crippen LogP) is 3.90. The molecule has 1 aliphatic rings. The van der Waals surface area contributed by atoms with Gasteiger partial charge in [0, 0.05) is 17.3 Å². The minimum Gasteiger partial charge on any atom is -0.493 e. The maximum atomic E-state index is 13.7. The minimum absolute atomic E-state index is 0.130. The third kappa shape index (κ3) is 4.38. The average Bonchev–Trinajstić information content (AvgIpc) is 3.18. The molecule has 8 heteroatoms. The summed E-state index contributed by atoms with van der Waals surface area (Å²) in [6.07, 6.45) is 4.18. The maximum absolute atomic E-state index is 13.7. The predicted molar refractivity (Wildman–Crippen MR) is 111 cm³/mol. The Kier molecular flexibility index (Phi) is 5.88. The standard InChI is InChI=1S/C23H23F2N3O3/c1-30-21-7-6-14(8-22(21)31-2)9-23(29)27-19-4-3-5-20-18(19)13-26-28(20)17-11-15(24)10-16(25)12-17/h6-8,10-13,19H,3-5,9H2,1-2H3,(H,27,29)/t19-/m0/s1. The van der Waals surface area contributed by atoms with Crippen molar-refractivity contribution < 1.29 is 23.0 Å². The number of rotatable bonds is 6. The Hall–Kier alpha value is -3.42. The molecule has 0 unspecified atom stereocenters. The number of benzene rings is 2. The summed E-state index contributed by atoms with van der Waals surface area (Å²) in [5.74, 6) is -0.277. The van der Waals surface area contributed by atoms with E-state index in [0.717, 1.165) is 42.1 Å². The second-order valence-electron chi connectivity index (χ2n) is 7.46. The van der Waals surface area contributed by atoms with Crippen LogP contribution in [-0.4, -0.2) is 29.9 Å². The lowest BCUT2D eigenvalue weighted by molar-refractivity contribution is -0.121. The van der Waals surface area contributed by atoms with Crippen LogP contribution < -0.4 is 14.8 Å². The Labute approximate surface area is 178 Å². The molecule has 2 aromatic carbocycles. The third-order valence-corrected chi connectivity index (χ3v) is 5.42. The van der Waals surface area contributed by atoms with Crippen LogP contribution in [0.3, 0.4) is 0 Å². The van der Waals surface area contributed by atoms with Crippen molar-refractivity contribution in [1.82, 2.24) is 15.1 Å². The molecular weight excluding hydrogens is 404 g/mol. The van der Waals surface area contributed by atoms with Gasteiger partial charge in [-0.2, -0.15) is 5.10 Å². The monoisotopic (exact) mass is 427 g/mol. The highest BCUT2D eigenvalue weighted by Crippen LogP contribution is 2.32. The Morgan fingerprint density at radius 3 is 2.58 bits per heavy atom. The zero-order valence-corrected chi connectivity index (χ0v) is 17.3. The first-order chi connectivity index (χ1) is 15.0. The van der Waals surface area contributed by atoms with Gasteiger partial charge in [0.15, 0.2) is 11.5 Å². The molecule has 6 nitrogen and oxygen atoms in total. The summed E-state index contributed by atoms with van der Waals surface area (Å²) >= 11 is 0. The van der Waals surface area contributed by atoms with Crippen LogP contribution in [0.15, 0.2) is 42.6 Å². The van der Waals surface area contributed by atoms with Crippen LogP contribution in [0.5, 0.6) is 11.5 Å². The SMILES string of the molecule is COc1ccc(CC(=O)N[C@H]2CCCc3c2cnn3-c2cc(F)cc(F)c2)cc1OC. The van der Waals surface area contributed by atoms with Crippen molar-refractivity contribution in [3.05, 3.63) is 71.1 Å². The van der Waals surface area contributed by atoms with Crippen molar-refractivity contribution in [2.45, 2.75) is 31.7 Å². The number of fused-ring (bicyclic) bond motifs is 1. The fraction of sp³-hybridized carbons (Fsp3) is 0.304. The molecule has 162 valence electrons. The molecule has 1 amide bonds. The van der Waals surface area contributed by atoms with E-state index in [1.54, 1.807) is 37.2 Å². The van der Waals surface area contributed by atoms with Crippen molar-refractivity contribution in [1.29, 1.82) is 0 Å². The fourth-order valence-corrected chi connectivity index (χ4v) is 4.01. The summed E-state index contributed by atoms with van der Waals surface area (Å²) in [7, 11) is 3.11. The van der Waals surface area contributed by atoms with Gasteiger partial charge in [-0.3, -0.25) is 4.79 Å². The Balaban J connectivity index is 1.51. The van der Waals surface area contributed by atoms with Crippen LogP contribution in [0.4, 0.5) is 8.78 Å². The van der Waals surface area contributed by atoms with Crippen molar-refractivity contribution in [3.63, 3.8) is 0 Å². The van der Waals surface area contributed by atoms with Crippen molar-refractivity contribution in [3.8, 4) is 17.2 Å². The third-order valence-electron chi connectivity index (χ3n) is 5.42. The molecule has 1 heterocycles. The highest BCUT2D eigenvalue weighted by Gasteiger charge is 2.26. The second-order valence-corrected chi connectivity index (χ2v) is 7.46. The molecule has 31 heavy (non-hydrogen) atoms. The van der Waals surface area contributed by atoms with E-state index in [0.29, 0.717) is 17.2 Å². The number of hydrogen-bond acceptors (Lipinski definition) is 4. The molecule has 0 aliphatic heterocycles. The first kappa shape index (κ1) is 20.8. The number of carbonyl (C=O) groups excluding carboxylic acids is 1. The number of aromatic nitrogens is 2. The van der Waals surface area contributed by atoms with Crippen LogP contribution in [0.2, 0.25) is 0 Å². The van der Waals surface area contributed by atoms with Gasteiger partial charge >= 0.3 is 0 Å². The number of amides is 1. The lowest BCUT2D eigenvalue weighted by atomic mass is 9.92. The van der Waals surface area contributed by atoms with Gasteiger partial charge in [0.1, 0.15) is 11.6 Å². The zero-order valence-electron chi connectivity index (χ0n) is 17.3. The van der Waals surface area contributed by atoms with E-state index in [4.69, 9.17) is 9.47 Å². The smallest absolute Gasteiger partial charge is 0.224 e. The van der Waals surface area contributed by atoms with Gasteiger partial charge in [0.25, 0.3) is 0 Å². The van der Waals surface area contributed by atoms with Crippen LogP contribution >= 0.6 is 0 Å². The van der Waals surface area contributed by atoms with Crippen LogP contribution in [0.25, 0.3) is 5.69 Å². The second kappa shape index (κ2) is 8.75. The molecule has 0 radical (unpaired) electrons. The van der Waals surface area contributed by atoms with Gasteiger partial charge < -0.3 is 14.8 Å². The number of methoxy groups -OCH3 is 2. The number of nitrogens with one attached hydrogen (secondary N) is 1. The van der Waals surface area contributed by atoms with E-state index >= 15 is 0 Å².